The number of ether oxygens (including phenoxy) is 3. The number of hydrazine groups is 1. The Morgan fingerprint density at radius 3 is 2.18 bits per heavy atom. The van der Waals surface area contributed by atoms with Gasteiger partial charge in [-0.25, -0.2) is 28.6 Å². The Bertz CT molecular complexity index is 1940. The first-order valence-corrected chi connectivity index (χ1v) is 15.8. The van der Waals surface area contributed by atoms with Crippen LogP contribution in [0.4, 0.5) is 30.1 Å². The Morgan fingerprint density at radius 2 is 1.59 bits per heavy atom. The summed E-state index contributed by atoms with van der Waals surface area (Å²) in [5.74, 6) is -2.48. The van der Waals surface area contributed by atoms with Crippen molar-refractivity contribution in [2.24, 2.45) is 0 Å². The minimum atomic E-state index is -1.87. The number of carbonyl (C=O) groups is 4. The summed E-state index contributed by atoms with van der Waals surface area (Å²) in [5.41, 5.74) is -1.27. The fourth-order valence-electron chi connectivity index (χ4n) is 4.85. The SMILES string of the molecule is CC(C)(C)OC(=O)N(C(=O)OC(C)(C)C)N(c1ccc2ccncc2c1F)C(C(=O)O)c1ccc(CCOC(=O)Nc2cccc(C#N)c2)cc1. The zero-order chi connectivity index (χ0) is 37.5. The molecule has 4 rings (SSSR count). The lowest BCUT2D eigenvalue weighted by atomic mass is 10.0. The number of hydrogen-bond donors (Lipinski definition) is 2. The molecule has 0 aliphatic carbocycles. The molecule has 4 aromatic rings. The summed E-state index contributed by atoms with van der Waals surface area (Å²) >= 11 is 0. The van der Waals surface area contributed by atoms with E-state index in [1.807, 2.05) is 6.07 Å². The highest BCUT2D eigenvalue weighted by atomic mass is 19.1. The van der Waals surface area contributed by atoms with Crippen molar-refractivity contribution in [3.8, 4) is 6.07 Å². The lowest BCUT2D eigenvalue weighted by Crippen LogP contribution is -2.56. The lowest BCUT2D eigenvalue weighted by Gasteiger charge is -2.39. The normalized spacial score (nSPS) is 11.9. The van der Waals surface area contributed by atoms with Crippen molar-refractivity contribution in [3.63, 3.8) is 0 Å². The quantitative estimate of drug-likeness (QED) is 0.129. The molecule has 14 heteroatoms. The minimum absolute atomic E-state index is 0.00891. The summed E-state index contributed by atoms with van der Waals surface area (Å²) < 4.78 is 32.7. The first-order valence-electron chi connectivity index (χ1n) is 15.8. The van der Waals surface area contributed by atoms with Gasteiger partial charge in [-0.2, -0.15) is 5.26 Å². The van der Waals surface area contributed by atoms with Crippen LogP contribution in [0, 0.1) is 17.1 Å². The molecule has 0 aliphatic heterocycles. The third-order valence-electron chi connectivity index (χ3n) is 6.97. The molecule has 3 amide bonds. The van der Waals surface area contributed by atoms with Gasteiger partial charge in [0.15, 0.2) is 11.9 Å². The van der Waals surface area contributed by atoms with E-state index in [-0.39, 0.29) is 24.0 Å². The second-order valence-corrected chi connectivity index (χ2v) is 13.3. The van der Waals surface area contributed by atoms with E-state index >= 15 is 4.39 Å². The predicted octanol–water partition coefficient (Wildman–Crippen LogP) is 7.76. The molecule has 0 spiro atoms. The molecule has 0 radical (unpaired) electrons. The molecule has 3 aromatic carbocycles. The molecule has 0 saturated carbocycles. The summed E-state index contributed by atoms with van der Waals surface area (Å²) in [6.07, 6.45) is -0.406. The first kappa shape index (κ1) is 37.6. The second kappa shape index (κ2) is 15.5. The molecule has 1 unspecified atom stereocenters. The highest BCUT2D eigenvalue weighted by Gasteiger charge is 2.43. The van der Waals surface area contributed by atoms with Crippen LogP contribution in [0.2, 0.25) is 0 Å². The number of nitriles is 1. The van der Waals surface area contributed by atoms with Gasteiger partial charge in [-0.3, -0.25) is 10.3 Å². The van der Waals surface area contributed by atoms with E-state index in [0.29, 0.717) is 32.2 Å². The average Bonchev–Trinajstić information content (AvgIpc) is 3.04. The summed E-state index contributed by atoms with van der Waals surface area (Å²) in [7, 11) is 0. The molecule has 266 valence electrons. The fourth-order valence-corrected chi connectivity index (χ4v) is 4.85. The zero-order valence-corrected chi connectivity index (χ0v) is 29.0. The van der Waals surface area contributed by atoms with Crippen LogP contribution in [0.25, 0.3) is 10.8 Å². The number of fused-ring (bicyclic) bond motifs is 1. The number of carboxylic acid groups (broad SMARTS) is 1. The average molecular weight is 700 g/mol. The first-order chi connectivity index (χ1) is 24.0. The van der Waals surface area contributed by atoms with E-state index < -0.39 is 53.0 Å². The summed E-state index contributed by atoms with van der Waals surface area (Å²) in [5, 5.41) is 23.8. The number of halogens is 1. The monoisotopic (exact) mass is 699 g/mol. The van der Waals surface area contributed by atoms with E-state index in [1.54, 1.807) is 77.9 Å². The van der Waals surface area contributed by atoms with Gasteiger partial charge < -0.3 is 19.3 Å². The second-order valence-electron chi connectivity index (χ2n) is 13.3. The number of benzene rings is 3. The number of aliphatic carboxylic acids is 1. The summed E-state index contributed by atoms with van der Waals surface area (Å²) in [6, 6.07) is 16.8. The van der Waals surface area contributed by atoms with Crippen molar-refractivity contribution in [2.45, 2.75) is 65.2 Å². The van der Waals surface area contributed by atoms with E-state index in [2.05, 4.69) is 10.3 Å². The molecule has 0 aliphatic rings. The van der Waals surface area contributed by atoms with Gasteiger partial charge in [0.2, 0.25) is 0 Å². The van der Waals surface area contributed by atoms with E-state index in [1.165, 1.54) is 42.7 Å². The highest BCUT2D eigenvalue weighted by Crippen LogP contribution is 2.36. The molecular formula is C37H38FN5O8. The van der Waals surface area contributed by atoms with Gasteiger partial charge in [0, 0.05) is 29.9 Å². The number of carboxylic acids is 1. The van der Waals surface area contributed by atoms with Crippen LogP contribution in [0.3, 0.4) is 0 Å². The van der Waals surface area contributed by atoms with Gasteiger partial charge in [0.1, 0.15) is 11.2 Å². The van der Waals surface area contributed by atoms with Crippen molar-refractivity contribution >= 4 is 46.4 Å². The highest BCUT2D eigenvalue weighted by molar-refractivity contribution is 5.94. The molecule has 0 fully saturated rings. The van der Waals surface area contributed by atoms with Crippen molar-refractivity contribution in [3.05, 3.63) is 102 Å². The maximum Gasteiger partial charge on any atom is 0.439 e. The number of imide groups is 1. The molecule has 1 atom stereocenters. The topological polar surface area (TPSA) is 171 Å². The Labute approximate surface area is 294 Å². The van der Waals surface area contributed by atoms with Crippen LogP contribution in [-0.4, -0.2) is 57.2 Å². The van der Waals surface area contributed by atoms with Gasteiger partial charge in [0.25, 0.3) is 0 Å². The number of nitrogens with zero attached hydrogens (tertiary/aromatic N) is 4. The number of nitrogens with one attached hydrogen (secondary N) is 1. The van der Waals surface area contributed by atoms with Gasteiger partial charge in [-0.05, 0) is 88.4 Å². The summed E-state index contributed by atoms with van der Waals surface area (Å²) in [6.45, 7) is 9.28. The van der Waals surface area contributed by atoms with Crippen LogP contribution < -0.4 is 10.3 Å². The molecule has 0 bridgehead atoms. The van der Waals surface area contributed by atoms with Gasteiger partial charge >= 0.3 is 24.2 Å². The smallest absolute Gasteiger partial charge is 0.439 e. The molecule has 13 nitrogen and oxygen atoms in total. The summed E-state index contributed by atoms with van der Waals surface area (Å²) in [4.78, 5) is 57.0. The van der Waals surface area contributed by atoms with Gasteiger partial charge in [0.05, 0.1) is 23.9 Å². The molecule has 1 heterocycles. The van der Waals surface area contributed by atoms with Crippen molar-refractivity contribution in [1.82, 2.24) is 9.99 Å². The van der Waals surface area contributed by atoms with Gasteiger partial charge in [-0.15, -0.1) is 5.01 Å². The molecule has 1 aromatic heterocycles. The number of anilines is 2. The molecular weight excluding hydrogens is 661 g/mol. The Hall–Kier alpha value is -6.23. The minimum Gasteiger partial charge on any atom is -0.479 e. The third kappa shape index (κ3) is 9.91. The number of hydrogen-bond acceptors (Lipinski definition) is 10. The number of amides is 3. The number of aromatic nitrogens is 1. The van der Waals surface area contributed by atoms with Crippen LogP contribution in [-0.2, 0) is 25.4 Å². The zero-order valence-electron chi connectivity index (χ0n) is 29.0. The van der Waals surface area contributed by atoms with Crippen LogP contribution in [0.5, 0.6) is 0 Å². The molecule has 0 saturated heterocycles. The predicted molar refractivity (Wildman–Crippen MR) is 185 cm³/mol. The van der Waals surface area contributed by atoms with Crippen LogP contribution in [0.15, 0.2) is 79.1 Å². The Kier molecular flexibility index (Phi) is 11.5. The van der Waals surface area contributed by atoms with E-state index in [0.717, 1.165) is 0 Å². The Morgan fingerprint density at radius 1 is 0.941 bits per heavy atom. The van der Waals surface area contributed by atoms with Gasteiger partial charge in [-0.1, -0.05) is 36.4 Å². The maximum atomic E-state index is 16.4. The fraction of sp³-hybridized carbons (Fsp3) is 0.297. The number of pyridine rings is 1. The number of rotatable bonds is 9. The van der Waals surface area contributed by atoms with E-state index in [4.69, 9.17) is 19.5 Å². The lowest BCUT2D eigenvalue weighted by molar-refractivity contribution is -0.139. The number of carbonyl (C=O) groups excluding carboxylic acids is 3. The molecule has 2 N–H and O–H groups in total. The van der Waals surface area contributed by atoms with Crippen molar-refractivity contribution in [1.29, 1.82) is 5.26 Å². The van der Waals surface area contributed by atoms with Crippen molar-refractivity contribution < 1.29 is 42.9 Å². The van der Waals surface area contributed by atoms with E-state index in [9.17, 15) is 24.3 Å². The maximum absolute atomic E-state index is 16.4. The van der Waals surface area contributed by atoms with Crippen LogP contribution >= 0.6 is 0 Å². The Balaban J connectivity index is 1.71. The standard InChI is InChI=1S/C37H38FN5O8/c1-36(2,3)50-34(47)43(35(48)51-37(4,5)6)42(29-15-14-25-16-18-40-22-28(25)30(29)38)31(32(44)45)26-12-10-23(11-13-26)17-19-49-33(46)41-27-9-7-8-24(20-27)21-39/h7-16,18,20,22,31H,17,19H2,1-6H3,(H,41,46)(H,44,45). The molecule has 51 heavy (non-hydrogen) atoms. The third-order valence-corrected chi connectivity index (χ3v) is 6.97. The van der Waals surface area contributed by atoms with Crippen molar-refractivity contribution in [2.75, 3.05) is 16.9 Å². The van der Waals surface area contributed by atoms with Crippen LogP contribution in [0.1, 0.15) is 64.3 Å². The largest absolute Gasteiger partial charge is 0.479 e.